The Balaban J connectivity index is 1.35. The molecule has 1 aromatic carbocycles. The van der Waals surface area contributed by atoms with Gasteiger partial charge in [0.2, 0.25) is 5.91 Å². The smallest absolute Gasteiger partial charge is 0.250 e. The molecule has 4 aliphatic heterocycles. The summed E-state index contributed by atoms with van der Waals surface area (Å²) in [5, 5.41) is 0. The van der Waals surface area contributed by atoms with Crippen molar-refractivity contribution in [2.24, 2.45) is 4.99 Å². The SMILES string of the molecule is Cc1cc(C)c2c(c1)OC1(CCN(C(=O)C3(C)CC(=O)N=C4C=CC=CN43)CC1)CC2=O. The van der Waals surface area contributed by atoms with Gasteiger partial charge in [0.15, 0.2) is 5.78 Å². The first-order chi connectivity index (χ1) is 15.2. The molecule has 1 atom stereocenters. The molecule has 32 heavy (non-hydrogen) atoms. The number of rotatable bonds is 1. The summed E-state index contributed by atoms with van der Waals surface area (Å²) >= 11 is 0. The molecule has 0 aliphatic carbocycles. The summed E-state index contributed by atoms with van der Waals surface area (Å²) in [5.74, 6) is 0.886. The molecule has 0 N–H and O–H groups in total. The Bertz CT molecular complexity index is 1120. The summed E-state index contributed by atoms with van der Waals surface area (Å²) in [4.78, 5) is 46.5. The average molecular weight is 434 g/mol. The molecule has 1 spiro atoms. The minimum Gasteiger partial charge on any atom is -0.486 e. The number of hydrogen-bond donors (Lipinski definition) is 0. The molecule has 7 nitrogen and oxygen atoms in total. The number of aryl methyl sites for hydroxylation is 2. The van der Waals surface area contributed by atoms with Gasteiger partial charge in [-0.05, 0) is 50.1 Å². The Kier molecular flexibility index (Phi) is 4.62. The maximum Gasteiger partial charge on any atom is 0.250 e. The first-order valence-electron chi connectivity index (χ1n) is 11.1. The molecule has 2 amide bonds. The number of Topliss-reactive ketones (excluding diaryl/α,β-unsaturated/α-hetero) is 1. The number of likely N-dealkylation sites (tertiary alicyclic amines) is 1. The van der Waals surface area contributed by atoms with Crippen LogP contribution in [0.15, 0.2) is 41.6 Å². The van der Waals surface area contributed by atoms with Crippen LogP contribution in [0.4, 0.5) is 0 Å². The maximum absolute atomic E-state index is 13.6. The molecule has 7 heteroatoms. The van der Waals surface area contributed by atoms with Crippen molar-refractivity contribution >= 4 is 23.4 Å². The van der Waals surface area contributed by atoms with Gasteiger partial charge in [-0.15, -0.1) is 0 Å². The van der Waals surface area contributed by atoms with Gasteiger partial charge in [0.05, 0.1) is 18.4 Å². The minimum atomic E-state index is -1.01. The largest absolute Gasteiger partial charge is 0.486 e. The number of fused-ring (bicyclic) bond motifs is 2. The fourth-order valence-corrected chi connectivity index (χ4v) is 5.42. The molecule has 5 rings (SSSR count). The summed E-state index contributed by atoms with van der Waals surface area (Å²) in [6.07, 6.45) is 8.73. The van der Waals surface area contributed by atoms with E-state index < -0.39 is 11.1 Å². The van der Waals surface area contributed by atoms with Gasteiger partial charge in [0, 0.05) is 32.1 Å². The number of ketones is 1. The highest BCUT2D eigenvalue weighted by atomic mass is 16.5. The number of amides is 2. The highest BCUT2D eigenvalue weighted by molar-refractivity contribution is 6.09. The van der Waals surface area contributed by atoms with E-state index in [1.807, 2.05) is 38.1 Å². The number of amidine groups is 1. The normalized spacial score (nSPS) is 25.9. The molecule has 1 unspecified atom stereocenters. The van der Waals surface area contributed by atoms with Gasteiger partial charge in [-0.1, -0.05) is 12.1 Å². The quantitative estimate of drug-likeness (QED) is 0.680. The predicted octanol–water partition coefficient (Wildman–Crippen LogP) is 3.10. The third-order valence-electron chi connectivity index (χ3n) is 7.06. The van der Waals surface area contributed by atoms with Gasteiger partial charge in [-0.2, -0.15) is 4.99 Å². The van der Waals surface area contributed by atoms with E-state index in [-0.39, 0.29) is 24.0 Å². The fraction of sp³-hybridized carbons (Fsp3) is 0.440. The molecule has 0 saturated carbocycles. The number of piperidine rings is 1. The molecule has 4 heterocycles. The second-order valence-electron chi connectivity index (χ2n) is 9.52. The Morgan fingerprint density at radius 3 is 2.59 bits per heavy atom. The lowest BCUT2D eigenvalue weighted by atomic mass is 9.80. The van der Waals surface area contributed by atoms with Crippen LogP contribution in [0.2, 0.25) is 0 Å². The van der Waals surface area contributed by atoms with Gasteiger partial charge in [-0.25, -0.2) is 0 Å². The number of carbonyl (C=O) groups excluding carboxylic acids is 3. The molecule has 0 radical (unpaired) electrons. The lowest BCUT2D eigenvalue weighted by molar-refractivity contribution is -0.147. The highest BCUT2D eigenvalue weighted by Gasteiger charge is 2.50. The van der Waals surface area contributed by atoms with E-state index in [1.54, 1.807) is 29.0 Å². The zero-order valence-electron chi connectivity index (χ0n) is 18.7. The second kappa shape index (κ2) is 7.15. The van der Waals surface area contributed by atoms with E-state index in [2.05, 4.69) is 4.99 Å². The second-order valence-corrected chi connectivity index (χ2v) is 9.52. The molecule has 0 bridgehead atoms. The van der Waals surface area contributed by atoms with Crippen molar-refractivity contribution < 1.29 is 19.1 Å². The van der Waals surface area contributed by atoms with Crippen LogP contribution in [0, 0.1) is 13.8 Å². The number of ether oxygens (including phenoxy) is 1. The molecule has 1 fully saturated rings. The highest BCUT2D eigenvalue weighted by Crippen LogP contribution is 2.42. The van der Waals surface area contributed by atoms with Crippen LogP contribution in [0.3, 0.4) is 0 Å². The summed E-state index contributed by atoms with van der Waals surface area (Å²) in [7, 11) is 0. The molecule has 0 aromatic heterocycles. The molecule has 166 valence electrons. The third kappa shape index (κ3) is 3.18. The van der Waals surface area contributed by atoms with Crippen molar-refractivity contribution in [1.29, 1.82) is 0 Å². The van der Waals surface area contributed by atoms with Crippen LogP contribution < -0.4 is 4.74 Å². The standard InChI is InChI=1S/C25H27N3O4/c1-16-12-17(2)22-18(29)14-25(32-19(22)13-16)7-10-27(11-8-25)23(31)24(3)15-21(30)26-20-6-4-5-9-28(20)24/h4-6,9,12-13H,7-8,10-11,14-15H2,1-3H3. The summed E-state index contributed by atoms with van der Waals surface area (Å²) < 4.78 is 6.43. The summed E-state index contributed by atoms with van der Waals surface area (Å²) in [6, 6.07) is 3.94. The Morgan fingerprint density at radius 2 is 1.84 bits per heavy atom. The van der Waals surface area contributed by atoms with Crippen LogP contribution in [0.1, 0.15) is 54.1 Å². The number of hydrogen-bond acceptors (Lipinski definition) is 5. The van der Waals surface area contributed by atoms with Gasteiger partial charge in [-0.3, -0.25) is 14.4 Å². The van der Waals surface area contributed by atoms with E-state index in [4.69, 9.17) is 4.74 Å². The predicted molar refractivity (Wildman–Crippen MR) is 120 cm³/mol. The van der Waals surface area contributed by atoms with Gasteiger partial charge in [0.25, 0.3) is 5.91 Å². The van der Waals surface area contributed by atoms with Crippen molar-refractivity contribution in [3.8, 4) is 5.75 Å². The average Bonchev–Trinajstić information content (AvgIpc) is 2.72. The fourth-order valence-electron chi connectivity index (χ4n) is 5.42. The number of allylic oxidation sites excluding steroid dienone is 2. The number of aliphatic imine (C=N–C) groups is 1. The van der Waals surface area contributed by atoms with Crippen LogP contribution in [-0.4, -0.2) is 57.5 Å². The topological polar surface area (TPSA) is 79.3 Å². The number of nitrogens with zero attached hydrogens (tertiary/aromatic N) is 3. The molecular weight excluding hydrogens is 406 g/mol. The van der Waals surface area contributed by atoms with Gasteiger partial charge < -0.3 is 14.5 Å². The Morgan fingerprint density at radius 1 is 1.09 bits per heavy atom. The minimum absolute atomic E-state index is 0.0378. The maximum atomic E-state index is 13.6. The Hall–Kier alpha value is -3.22. The lowest BCUT2D eigenvalue weighted by Gasteiger charge is -2.48. The van der Waals surface area contributed by atoms with E-state index in [0.717, 1.165) is 11.1 Å². The van der Waals surface area contributed by atoms with E-state index in [9.17, 15) is 14.4 Å². The molecular formula is C25H27N3O4. The van der Waals surface area contributed by atoms with E-state index >= 15 is 0 Å². The van der Waals surface area contributed by atoms with E-state index in [0.29, 0.717) is 49.5 Å². The number of carbonyl (C=O) groups is 3. The molecule has 4 aliphatic rings. The van der Waals surface area contributed by atoms with Crippen molar-refractivity contribution in [3.05, 3.63) is 53.3 Å². The van der Waals surface area contributed by atoms with E-state index in [1.165, 1.54) is 0 Å². The summed E-state index contributed by atoms with van der Waals surface area (Å²) in [6.45, 7) is 6.71. The Labute approximate surface area is 187 Å². The monoisotopic (exact) mass is 433 g/mol. The van der Waals surface area contributed by atoms with Crippen molar-refractivity contribution in [1.82, 2.24) is 9.80 Å². The van der Waals surface area contributed by atoms with Crippen molar-refractivity contribution in [2.75, 3.05) is 13.1 Å². The van der Waals surface area contributed by atoms with Crippen LogP contribution >= 0.6 is 0 Å². The molecule has 1 aromatic rings. The van der Waals surface area contributed by atoms with Crippen molar-refractivity contribution in [2.45, 2.75) is 57.6 Å². The van der Waals surface area contributed by atoms with Crippen LogP contribution in [-0.2, 0) is 9.59 Å². The third-order valence-corrected chi connectivity index (χ3v) is 7.06. The van der Waals surface area contributed by atoms with Crippen LogP contribution in [0.5, 0.6) is 5.75 Å². The number of benzene rings is 1. The first kappa shape index (κ1) is 20.7. The molecule has 1 saturated heterocycles. The zero-order valence-corrected chi connectivity index (χ0v) is 18.7. The van der Waals surface area contributed by atoms with Crippen molar-refractivity contribution in [3.63, 3.8) is 0 Å². The van der Waals surface area contributed by atoms with Gasteiger partial charge >= 0.3 is 0 Å². The van der Waals surface area contributed by atoms with Gasteiger partial charge in [0.1, 0.15) is 22.7 Å². The van der Waals surface area contributed by atoms with Crippen LogP contribution in [0.25, 0.3) is 0 Å². The zero-order chi connectivity index (χ0) is 22.7. The lowest BCUT2D eigenvalue weighted by Crippen LogP contribution is -2.63. The summed E-state index contributed by atoms with van der Waals surface area (Å²) in [5.41, 5.74) is 1.11. The first-order valence-corrected chi connectivity index (χ1v) is 11.1.